The van der Waals surface area contributed by atoms with Crippen molar-refractivity contribution < 1.29 is 4.74 Å². The maximum Gasteiger partial charge on any atom is 0.120 e. The molecular formula is C17H23NO. The molecule has 102 valence electrons. The fraction of sp³-hybridized carbons (Fsp3) is 0.412. The zero-order valence-electron chi connectivity index (χ0n) is 11.9. The van der Waals surface area contributed by atoms with Gasteiger partial charge in [-0.2, -0.15) is 0 Å². The van der Waals surface area contributed by atoms with Gasteiger partial charge in [0.1, 0.15) is 5.75 Å². The lowest BCUT2D eigenvalue weighted by molar-refractivity contribution is 0.180. The van der Waals surface area contributed by atoms with Gasteiger partial charge in [0.05, 0.1) is 6.10 Å². The molecule has 1 N–H and O–H groups in total. The molecule has 2 heteroatoms. The summed E-state index contributed by atoms with van der Waals surface area (Å²) in [6, 6.07) is 14.7. The van der Waals surface area contributed by atoms with Crippen LogP contribution in [0.3, 0.4) is 0 Å². The van der Waals surface area contributed by atoms with Crippen LogP contribution in [0.2, 0.25) is 0 Å². The molecule has 0 amide bonds. The first-order valence-electron chi connectivity index (χ1n) is 7.13. The summed E-state index contributed by atoms with van der Waals surface area (Å²) in [5.41, 5.74) is 0. The normalized spacial score (nSPS) is 12.5. The second-order valence-electron chi connectivity index (χ2n) is 4.93. The highest BCUT2D eigenvalue weighted by Crippen LogP contribution is 2.22. The van der Waals surface area contributed by atoms with Gasteiger partial charge in [0.25, 0.3) is 0 Å². The standard InChI is InChI=1S/C17H23NO/c1-3-6-16(11-12-18-2)19-17-10-9-14-7-4-5-8-15(14)13-17/h4-5,7-10,13,16,18H,3,6,11-12H2,1-2H3/t16-/m0/s1. The molecule has 2 aromatic carbocycles. The third-order valence-corrected chi connectivity index (χ3v) is 3.35. The molecule has 2 aromatic rings. The van der Waals surface area contributed by atoms with E-state index in [1.54, 1.807) is 0 Å². The van der Waals surface area contributed by atoms with E-state index in [4.69, 9.17) is 4.74 Å². The molecular weight excluding hydrogens is 234 g/mol. The Hall–Kier alpha value is -1.54. The summed E-state index contributed by atoms with van der Waals surface area (Å²) in [4.78, 5) is 0. The second kappa shape index (κ2) is 7.15. The molecule has 2 nitrogen and oxygen atoms in total. The van der Waals surface area contributed by atoms with Gasteiger partial charge in [-0.25, -0.2) is 0 Å². The minimum Gasteiger partial charge on any atom is -0.490 e. The summed E-state index contributed by atoms with van der Waals surface area (Å²) in [5, 5.41) is 5.69. The fourth-order valence-electron chi connectivity index (χ4n) is 2.32. The van der Waals surface area contributed by atoms with Gasteiger partial charge >= 0.3 is 0 Å². The highest BCUT2D eigenvalue weighted by molar-refractivity contribution is 5.83. The molecule has 2 rings (SSSR count). The summed E-state index contributed by atoms with van der Waals surface area (Å²) in [7, 11) is 1.99. The van der Waals surface area contributed by atoms with Crippen LogP contribution in [0.5, 0.6) is 5.75 Å². The van der Waals surface area contributed by atoms with Crippen molar-refractivity contribution in [1.82, 2.24) is 5.32 Å². The topological polar surface area (TPSA) is 21.3 Å². The fourth-order valence-corrected chi connectivity index (χ4v) is 2.32. The third-order valence-electron chi connectivity index (χ3n) is 3.35. The summed E-state index contributed by atoms with van der Waals surface area (Å²) in [5.74, 6) is 0.980. The molecule has 19 heavy (non-hydrogen) atoms. The van der Waals surface area contributed by atoms with Crippen molar-refractivity contribution in [2.75, 3.05) is 13.6 Å². The summed E-state index contributed by atoms with van der Waals surface area (Å²) < 4.78 is 6.13. The number of nitrogens with one attached hydrogen (secondary N) is 1. The van der Waals surface area contributed by atoms with Crippen LogP contribution in [0.1, 0.15) is 26.2 Å². The van der Waals surface area contributed by atoms with Crippen molar-refractivity contribution >= 4 is 10.8 Å². The van der Waals surface area contributed by atoms with Gasteiger partial charge in [-0.3, -0.25) is 0 Å². The molecule has 0 fully saturated rings. The molecule has 0 aliphatic heterocycles. The van der Waals surface area contributed by atoms with E-state index in [-0.39, 0.29) is 0 Å². The summed E-state index contributed by atoms with van der Waals surface area (Å²) >= 11 is 0. The van der Waals surface area contributed by atoms with Crippen LogP contribution in [-0.2, 0) is 0 Å². The van der Waals surface area contributed by atoms with E-state index in [9.17, 15) is 0 Å². The molecule has 1 atom stereocenters. The van der Waals surface area contributed by atoms with Crippen molar-refractivity contribution in [3.63, 3.8) is 0 Å². The lowest BCUT2D eigenvalue weighted by atomic mass is 10.1. The smallest absolute Gasteiger partial charge is 0.120 e. The van der Waals surface area contributed by atoms with E-state index in [2.05, 4.69) is 54.7 Å². The zero-order valence-corrected chi connectivity index (χ0v) is 11.9. The number of fused-ring (bicyclic) bond motifs is 1. The monoisotopic (exact) mass is 257 g/mol. The first kappa shape index (κ1) is 13.9. The van der Waals surface area contributed by atoms with Crippen molar-refractivity contribution in [1.29, 1.82) is 0 Å². The highest BCUT2D eigenvalue weighted by Gasteiger charge is 2.09. The summed E-state index contributed by atoms with van der Waals surface area (Å²) in [6.07, 6.45) is 3.62. The van der Waals surface area contributed by atoms with Gasteiger partial charge in [-0.15, -0.1) is 0 Å². The van der Waals surface area contributed by atoms with Gasteiger partial charge in [0.2, 0.25) is 0 Å². The van der Waals surface area contributed by atoms with Crippen LogP contribution < -0.4 is 10.1 Å². The lowest BCUT2D eigenvalue weighted by Gasteiger charge is -2.18. The Bertz CT molecular complexity index is 509. The minimum absolute atomic E-state index is 0.304. The maximum absolute atomic E-state index is 6.13. The predicted octanol–water partition coefficient (Wildman–Crippen LogP) is 4.00. The molecule has 0 aromatic heterocycles. The third kappa shape index (κ3) is 3.97. The maximum atomic E-state index is 6.13. The molecule has 0 aliphatic carbocycles. The number of benzene rings is 2. The number of hydrogen-bond acceptors (Lipinski definition) is 2. The van der Waals surface area contributed by atoms with Crippen LogP contribution in [0.4, 0.5) is 0 Å². The van der Waals surface area contributed by atoms with Crippen molar-refractivity contribution in [2.24, 2.45) is 0 Å². The molecule has 0 bridgehead atoms. The highest BCUT2D eigenvalue weighted by atomic mass is 16.5. The Kier molecular flexibility index (Phi) is 5.22. The van der Waals surface area contributed by atoms with Crippen molar-refractivity contribution in [3.05, 3.63) is 42.5 Å². The van der Waals surface area contributed by atoms with Gasteiger partial charge < -0.3 is 10.1 Å². The Morgan fingerprint density at radius 3 is 2.58 bits per heavy atom. The number of hydrogen-bond donors (Lipinski definition) is 1. The average molecular weight is 257 g/mol. The largest absolute Gasteiger partial charge is 0.490 e. The first-order valence-corrected chi connectivity index (χ1v) is 7.13. The average Bonchev–Trinajstić information content (AvgIpc) is 2.45. The zero-order chi connectivity index (χ0) is 13.5. The minimum atomic E-state index is 0.304. The van der Waals surface area contributed by atoms with Gasteiger partial charge in [-0.05, 0) is 49.3 Å². The van der Waals surface area contributed by atoms with E-state index in [1.807, 2.05) is 7.05 Å². The van der Waals surface area contributed by atoms with Crippen LogP contribution in [0, 0.1) is 0 Å². The van der Waals surface area contributed by atoms with E-state index < -0.39 is 0 Å². The Morgan fingerprint density at radius 2 is 1.84 bits per heavy atom. The molecule has 0 spiro atoms. The van der Waals surface area contributed by atoms with Crippen molar-refractivity contribution in [3.8, 4) is 5.75 Å². The number of rotatable bonds is 7. The molecule has 0 saturated carbocycles. The van der Waals surface area contributed by atoms with Gasteiger partial charge in [0, 0.05) is 0 Å². The molecule has 0 radical (unpaired) electrons. The van der Waals surface area contributed by atoms with E-state index in [0.717, 1.165) is 31.6 Å². The predicted molar refractivity (Wildman–Crippen MR) is 81.8 cm³/mol. The van der Waals surface area contributed by atoms with Crippen LogP contribution in [-0.4, -0.2) is 19.7 Å². The SMILES string of the molecule is CCC[C@@H](CCNC)Oc1ccc2ccccc2c1. The van der Waals surface area contributed by atoms with Gasteiger partial charge in [0.15, 0.2) is 0 Å². The molecule has 0 unspecified atom stereocenters. The van der Waals surface area contributed by atoms with E-state index in [1.165, 1.54) is 10.8 Å². The van der Waals surface area contributed by atoms with Gasteiger partial charge in [-0.1, -0.05) is 43.7 Å². The van der Waals surface area contributed by atoms with Crippen LogP contribution in [0.15, 0.2) is 42.5 Å². The first-order chi connectivity index (χ1) is 9.33. The Balaban J connectivity index is 2.09. The van der Waals surface area contributed by atoms with E-state index >= 15 is 0 Å². The van der Waals surface area contributed by atoms with Crippen LogP contribution in [0.25, 0.3) is 10.8 Å². The molecule has 0 aliphatic rings. The van der Waals surface area contributed by atoms with Crippen molar-refractivity contribution in [2.45, 2.75) is 32.3 Å². The lowest BCUT2D eigenvalue weighted by Crippen LogP contribution is -2.22. The number of ether oxygens (including phenoxy) is 1. The Morgan fingerprint density at radius 1 is 1.05 bits per heavy atom. The molecule has 0 heterocycles. The van der Waals surface area contributed by atoms with Crippen LogP contribution >= 0.6 is 0 Å². The van der Waals surface area contributed by atoms with E-state index in [0.29, 0.717) is 6.10 Å². The quantitative estimate of drug-likeness (QED) is 0.809. The summed E-state index contributed by atoms with van der Waals surface area (Å²) in [6.45, 7) is 3.20. The Labute approximate surface area is 115 Å². The molecule has 0 saturated heterocycles. The second-order valence-corrected chi connectivity index (χ2v) is 4.93.